The van der Waals surface area contributed by atoms with E-state index in [1.165, 1.54) is 5.56 Å². The Labute approximate surface area is 131 Å². The van der Waals surface area contributed by atoms with Gasteiger partial charge in [-0.3, -0.25) is 4.68 Å². The van der Waals surface area contributed by atoms with Crippen LogP contribution in [0.4, 0.5) is 0 Å². The minimum atomic E-state index is 0.238. The molecule has 1 aromatic carbocycles. The molecule has 0 saturated carbocycles. The summed E-state index contributed by atoms with van der Waals surface area (Å²) in [5.74, 6) is 1.92. The largest absolute Gasteiger partial charge is 0.497 e. The molecule has 1 aliphatic rings. The highest BCUT2D eigenvalue weighted by molar-refractivity contribution is 5.49. The van der Waals surface area contributed by atoms with Crippen molar-refractivity contribution in [3.63, 3.8) is 0 Å². The van der Waals surface area contributed by atoms with Crippen LogP contribution >= 0.6 is 0 Å². The van der Waals surface area contributed by atoms with Gasteiger partial charge in [0.1, 0.15) is 17.6 Å². The zero-order valence-corrected chi connectivity index (χ0v) is 13.4. The Kier molecular flexibility index (Phi) is 4.34. The molecule has 2 heterocycles. The average Bonchev–Trinajstić information content (AvgIpc) is 3.12. The fraction of sp³-hybridized carbons (Fsp3) is 0.471. The Balaban J connectivity index is 1.68. The lowest BCUT2D eigenvalue weighted by atomic mass is 10.1. The molecule has 22 heavy (non-hydrogen) atoms. The highest BCUT2D eigenvalue weighted by Gasteiger charge is 2.23. The van der Waals surface area contributed by atoms with Gasteiger partial charge in [0.2, 0.25) is 0 Å². The number of methoxy groups -OCH3 is 1. The summed E-state index contributed by atoms with van der Waals surface area (Å²) in [5, 5.41) is 7.77. The first-order valence-corrected chi connectivity index (χ1v) is 7.73. The Morgan fingerprint density at radius 2 is 2.36 bits per heavy atom. The van der Waals surface area contributed by atoms with E-state index in [4.69, 9.17) is 9.47 Å². The first-order valence-electron chi connectivity index (χ1n) is 7.73. The minimum Gasteiger partial charge on any atom is -0.497 e. The number of aromatic nitrogens is 2. The van der Waals surface area contributed by atoms with Crippen molar-refractivity contribution >= 4 is 0 Å². The Hall–Kier alpha value is -2.01. The van der Waals surface area contributed by atoms with Crippen LogP contribution in [0.5, 0.6) is 11.5 Å². The first kappa shape index (κ1) is 14.9. The van der Waals surface area contributed by atoms with Crippen LogP contribution in [0, 0.1) is 0 Å². The number of nitrogens with one attached hydrogen (secondary N) is 1. The predicted octanol–water partition coefficient (Wildman–Crippen LogP) is 2.39. The number of hydrogen-bond acceptors (Lipinski definition) is 4. The van der Waals surface area contributed by atoms with Crippen molar-refractivity contribution < 1.29 is 9.47 Å². The van der Waals surface area contributed by atoms with Gasteiger partial charge < -0.3 is 14.8 Å². The topological polar surface area (TPSA) is 48.3 Å². The van der Waals surface area contributed by atoms with Crippen LogP contribution in [0.3, 0.4) is 0 Å². The van der Waals surface area contributed by atoms with Crippen molar-refractivity contribution in [2.24, 2.45) is 0 Å². The molecule has 0 radical (unpaired) electrons. The van der Waals surface area contributed by atoms with E-state index in [9.17, 15) is 0 Å². The molecule has 0 fully saturated rings. The normalized spacial score (nSPS) is 17.9. The highest BCUT2D eigenvalue weighted by Crippen LogP contribution is 2.36. The molecule has 5 nitrogen and oxygen atoms in total. The summed E-state index contributed by atoms with van der Waals surface area (Å²) in [7, 11) is 1.71. The van der Waals surface area contributed by atoms with Crippen molar-refractivity contribution in [3.8, 4) is 11.5 Å². The van der Waals surface area contributed by atoms with Crippen molar-refractivity contribution in [3.05, 3.63) is 41.7 Å². The third kappa shape index (κ3) is 3.25. The summed E-state index contributed by atoms with van der Waals surface area (Å²) in [5.41, 5.74) is 2.40. The second-order valence-electron chi connectivity index (χ2n) is 5.92. The van der Waals surface area contributed by atoms with E-state index in [1.807, 2.05) is 16.9 Å². The molecule has 2 aromatic rings. The van der Waals surface area contributed by atoms with Gasteiger partial charge in [-0.1, -0.05) is 0 Å². The van der Waals surface area contributed by atoms with Crippen molar-refractivity contribution in [2.45, 2.75) is 45.5 Å². The van der Waals surface area contributed by atoms with Crippen LogP contribution in [0.25, 0.3) is 0 Å². The van der Waals surface area contributed by atoms with E-state index < -0.39 is 0 Å². The van der Waals surface area contributed by atoms with Gasteiger partial charge in [-0.05, 0) is 32.0 Å². The third-order valence-electron chi connectivity index (χ3n) is 3.94. The molecule has 0 bridgehead atoms. The van der Waals surface area contributed by atoms with Crippen LogP contribution < -0.4 is 14.8 Å². The lowest BCUT2D eigenvalue weighted by Gasteiger charge is -2.16. The highest BCUT2D eigenvalue weighted by atomic mass is 16.5. The summed E-state index contributed by atoms with van der Waals surface area (Å²) in [6.45, 7) is 5.86. The second-order valence-corrected chi connectivity index (χ2v) is 5.92. The van der Waals surface area contributed by atoms with Crippen molar-refractivity contribution in [1.82, 2.24) is 15.1 Å². The molecular formula is C17H23N3O2. The Morgan fingerprint density at radius 3 is 3.09 bits per heavy atom. The van der Waals surface area contributed by atoms with E-state index in [1.54, 1.807) is 13.3 Å². The molecule has 0 spiro atoms. The van der Waals surface area contributed by atoms with E-state index in [2.05, 4.69) is 36.4 Å². The second kappa shape index (κ2) is 6.40. The number of hydrogen-bond donors (Lipinski definition) is 1. The summed E-state index contributed by atoms with van der Waals surface area (Å²) in [6, 6.07) is 6.40. The monoisotopic (exact) mass is 301 g/mol. The quantitative estimate of drug-likeness (QED) is 0.890. The third-order valence-corrected chi connectivity index (χ3v) is 3.94. The van der Waals surface area contributed by atoms with E-state index in [0.29, 0.717) is 6.04 Å². The maximum absolute atomic E-state index is 5.96. The molecule has 3 rings (SSSR count). The van der Waals surface area contributed by atoms with Gasteiger partial charge in [-0.25, -0.2) is 0 Å². The zero-order chi connectivity index (χ0) is 15.5. The molecule has 1 N–H and O–H groups in total. The van der Waals surface area contributed by atoms with Gasteiger partial charge in [-0.15, -0.1) is 0 Å². The van der Waals surface area contributed by atoms with Gasteiger partial charge in [-0.2, -0.15) is 5.10 Å². The molecule has 118 valence electrons. The molecule has 0 amide bonds. The van der Waals surface area contributed by atoms with Gasteiger partial charge in [0.15, 0.2) is 0 Å². The van der Waals surface area contributed by atoms with Crippen LogP contribution in [0.15, 0.2) is 30.6 Å². The molecule has 1 aromatic heterocycles. The number of rotatable bonds is 6. The molecule has 0 aliphatic carbocycles. The maximum atomic E-state index is 5.96. The van der Waals surface area contributed by atoms with E-state index in [0.717, 1.165) is 36.6 Å². The Morgan fingerprint density at radius 1 is 1.50 bits per heavy atom. The number of ether oxygens (including phenoxy) is 2. The standard InChI is InChI=1S/C17H23N3O2/c1-12(11-20-6-4-5-19-20)18-10-15-9-16(21-3)8-14-7-13(2)22-17(14)15/h4-6,8-9,12-13,18H,7,10-11H2,1-3H3. The van der Waals surface area contributed by atoms with Crippen LogP contribution in [0.2, 0.25) is 0 Å². The molecule has 2 atom stereocenters. The lowest BCUT2D eigenvalue weighted by Crippen LogP contribution is -2.30. The molecular weight excluding hydrogens is 278 g/mol. The van der Waals surface area contributed by atoms with E-state index >= 15 is 0 Å². The maximum Gasteiger partial charge on any atom is 0.127 e. The first-order chi connectivity index (χ1) is 10.7. The van der Waals surface area contributed by atoms with Gasteiger partial charge in [0.05, 0.1) is 13.7 Å². The van der Waals surface area contributed by atoms with E-state index in [-0.39, 0.29) is 6.10 Å². The van der Waals surface area contributed by atoms with Crippen molar-refractivity contribution in [1.29, 1.82) is 0 Å². The SMILES string of the molecule is COc1cc(CNC(C)Cn2cccn2)c2c(c1)CC(C)O2. The summed E-state index contributed by atoms with van der Waals surface area (Å²) >= 11 is 0. The van der Waals surface area contributed by atoms with Gasteiger partial charge in [0, 0.05) is 42.5 Å². The van der Waals surface area contributed by atoms with Crippen LogP contribution in [0.1, 0.15) is 25.0 Å². The van der Waals surface area contributed by atoms with Gasteiger partial charge in [0.25, 0.3) is 0 Å². The summed E-state index contributed by atoms with van der Waals surface area (Å²) in [4.78, 5) is 0. The summed E-state index contributed by atoms with van der Waals surface area (Å²) in [6.07, 6.45) is 4.97. The molecule has 1 aliphatic heterocycles. The molecule has 0 saturated heterocycles. The number of benzene rings is 1. The Bertz CT molecular complexity index is 625. The smallest absolute Gasteiger partial charge is 0.127 e. The average molecular weight is 301 g/mol. The number of fused-ring (bicyclic) bond motifs is 1. The molecule has 2 unspecified atom stereocenters. The minimum absolute atomic E-state index is 0.238. The van der Waals surface area contributed by atoms with Gasteiger partial charge >= 0.3 is 0 Å². The van der Waals surface area contributed by atoms with Crippen molar-refractivity contribution in [2.75, 3.05) is 7.11 Å². The lowest BCUT2D eigenvalue weighted by molar-refractivity contribution is 0.251. The fourth-order valence-electron chi connectivity index (χ4n) is 2.86. The predicted molar refractivity (Wildman–Crippen MR) is 85.3 cm³/mol. The van der Waals surface area contributed by atoms with Crippen LogP contribution in [-0.4, -0.2) is 29.0 Å². The van der Waals surface area contributed by atoms with Crippen LogP contribution in [-0.2, 0) is 19.5 Å². The molecule has 5 heteroatoms. The fourth-order valence-corrected chi connectivity index (χ4v) is 2.86. The summed E-state index contributed by atoms with van der Waals surface area (Å²) < 4.78 is 13.3. The number of nitrogens with zero attached hydrogens (tertiary/aromatic N) is 2. The zero-order valence-electron chi connectivity index (χ0n) is 13.4.